The zero-order chi connectivity index (χ0) is 23.3. The molecule has 1 aliphatic carbocycles. The number of anilines is 1. The maximum absolute atomic E-state index is 13.2. The van der Waals surface area contributed by atoms with Crippen LogP contribution in [-0.4, -0.2) is 41.7 Å². The van der Waals surface area contributed by atoms with E-state index in [9.17, 15) is 13.2 Å². The third-order valence-electron chi connectivity index (χ3n) is 5.74. The number of sulfonamides is 1. The second-order valence-electron chi connectivity index (χ2n) is 7.91. The van der Waals surface area contributed by atoms with Crippen LogP contribution < -0.4 is 24.2 Å². The van der Waals surface area contributed by atoms with Gasteiger partial charge in [0.15, 0.2) is 0 Å². The smallest absolute Gasteiger partial charge is 0.255 e. The third kappa shape index (κ3) is 5.52. The molecule has 0 heterocycles. The molecule has 2 N–H and O–H groups in total. The summed E-state index contributed by atoms with van der Waals surface area (Å²) >= 11 is 0. The van der Waals surface area contributed by atoms with Gasteiger partial charge in [0.05, 0.1) is 21.3 Å². The van der Waals surface area contributed by atoms with E-state index in [1.165, 1.54) is 39.5 Å². The zero-order valence-electron chi connectivity index (χ0n) is 18.8. The molecule has 0 saturated heterocycles. The molecule has 8 nitrogen and oxygen atoms in total. The molecule has 0 spiro atoms. The molecule has 1 amide bonds. The highest BCUT2D eigenvalue weighted by Gasteiger charge is 2.29. The Hall–Kier alpha value is -2.78. The fraction of sp³-hybridized carbons (Fsp3) is 0.435. The van der Waals surface area contributed by atoms with E-state index >= 15 is 0 Å². The van der Waals surface area contributed by atoms with Crippen LogP contribution in [0.25, 0.3) is 0 Å². The van der Waals surface area contributed by atoms with Crippen LogP contribution in [0.4, 0.5) is 5.69 Å². The monoisotopic (exact) mass is 462 g/mol. The molecule has 0 bridgehead atoms. The summed E-state index contributed by atoms with van der Waals surface area (Å²) in [5.74, 6) is 0.997. The van der Waals surface area contributed by atoms with Gasteiger partial charge in [-0.25, -0.2) is 13.1 Å². The first-order valence-corrected chi connectivity index (χ1v) is 12.0. The van der Waals surface area contributed by atoms with Crippen LogP contribution in [0, 0.1) is 5.92 Å². The van der Waals surface area contributed by atoms with Crippen molar-refractivity contribution in [2.24, 2.45) is 5.92 Å². The molecule has 174 valence electrons. The maximum Gasteiger partial charge on any atom is 0.255 e. The van der Waals surface area contributed by atoms with Crippen LogP contribution in [0.5, 0.6) is 17.2 Å². The minimum atomic E-state index is -3.88. The van der Waals surface area contributed by atoms with E-state index in [2.05, 4.69) is 17.0 Å². The fourth-order valence-corrected chi connectivity index (χ4v) is 5.44. The highest BCUT2D eigenvalue weighted by Crippen LogP contribution is 2.30. The van der Waals surface area contributed by atoms with Crippen molar-refractivity contribution in [3.8, 4) is 17.2 Å². The topological polar surface area (TPSA) is 103 Å². The van der Waals surface area contributed by atoms with Crippen molar-refractivity contribution in [3.63, 3.8) is 0 Å². The number of carbonyl (C=O) groups is 1. The normalized spacial score (nSPS) is 18.6. The van der Waals surface area contributed by atoms with Crippen LogP contribution >= 0.6 is 0 Å². The second-order valence-corrected chi connectivity index (χ2v) is 9.59. The molecule has 2 atom stereocenters. The van der Waals surface area contributed by atoms with Crippen molar-refractivity contribution < 1.29 is 27.4 Å². The van der Waals surface area contributed by atoms with Gasteiger partial charge in [0.2, 0.25) is 10.0 Å². The SMILES string of the molecule is COc1cc(NC(=O)c2ccc(OC)c(S(=O)(=O)NC3CCCCC3C)c2)cc(OC)c1. The van der Waals surface area contributed by atoms with E-state index in [4.69, 9.17) is 14.2 Å². The lowest BCUT2D eigenvalue weighted by atomic mass is 9.87. The summed E-state index contributed by atoms with van der Waals surface area (Å²) in [7, 11) is 0.552. The molecule has 1 aliphatic rings. The molecule has 1 saturated carbocycles. The van der Waals surface area contributed by atoms with Gasteiger partial charge < -0.3 is 19.5 Å². The summed E-state index contributed by atoms with van der Waals surface area (Å²) in [6.45, 7) is 2.05. The summed E-state index contributed by atoms with van der Waals surface area (Å²) < 4.78 is 44.9. The minimum absolute atomic E-state index is 0.0614. The van der Waals surface area contributed by atoms with Gasteiger partial charge in [-0.1, -0.05) is 19.8 Å². The first kappa shape index (κ1) is 23.9. The number of methoxy groups -OCH3 is 3. The number of carbonyl (C=O) groups excluding carboxylic acids is 1. The van der Waals surface area contributed by atoms with Crippen molar-refractivity contribution in [2.45, 2.75) is 43.5 Å². The predicted molar refractivity (Wildman–Crippen MR) is 122 cm³/mol. The van der Waals surface area contributed by atoms with Crippen molar-refractivity contribution >= 4 is 21.6 Å². The van der Waals surface area contributed by atoms with Gasteiger partial charge >= 0.3 is 0 Å². The van der Waals surface area contributed by atoms with Gasteiger partial charge in [0, 0.05) is 35.5 Å². The lowest BCUT2D eigenvalue weighted by Crippen LogP contribution is -2.41. The first-order chi connectivity index (χ1) is 15.3. The van der Waals surface area contributed by atoms with Crippen molar-refractivity contribution in [1.29, 1.82) is 0 Å². The number of hydrogen-bond donors (Lipinski definition) is 2. The van der Waals surface area contributed by atoms with Crippen LogP contribution in [0.15, 0.2) is 41.3 Å². The Labute approximate surface area is 189 Å². The standard InChI is InChI=1S/C23H30N2O6S/c1-15-7-5-6-8-20(15)25-32(27,28)22-11-16(9-10-21(22)31-4)23(26)24-17-12-18(29-2)14-19(13-17)30-3/h9-15,20,25H,5-8H2,1-4H3,(H,24,26). The van der Waals surface area contributed by atoms with E-state index in [1.807, 2.05) is 0 Å². The molecule has 0 aliphatic heterocycles. The van der Waals surface area contributed by atoms with E-state index in [-0.39, 0.29) is 28.2 Å². The molecule has 2 aromatic rings. The third-order valence-corrected chi connectivity index (χ3v) is 7.25. The number of rotatable bonds is 8. The molecule has 0 radical (unpaired) electrons. The van der Waals surface area contributed by atoms with Crippen LogP contribution in [0.2, 0.25) is 0 Å². The summed E-state index contributed by atoms with van der Waals surface area (Å²) in [6.07, 6.45) is 3.87. The molecule has 32 heavy (non-hydrogen) atoms. The largest absolute Gasteiger partial charge is 0.497 e. The Morgan fingerprint density at radius 2 is 1.59 bits per heavy atom. The average molecular weight is 463 g/mol. The number of hydrogen-bond acceptors (Lipinski definition) is 6. The van der Waals surface area contributed by atoms with Crippen LogP contribution in [-0.2, 0) is 10.0 Å². The first-order valence-electron chi connectivity index (χ1n) is 10.5. The number of benzene rings is 2. The Morgan fingerprint density at radius 1 is 0.938 bits per heavy atom. The van der Waals surface area contributed by atoms with Crippen LogP contribution in [0.3, 0.4) is 0 Å². The Balaban J connectivity index is 1.87. The summed E-state index contributed by atoms with van der Waals surface area (Å²) in [6, 6.07) is 9.18. The lowest BCUT2D eigenvalue weighted by Gasteiger charge is -2.29. The molecule has 2 unspecified atom stereocenters. The molecule has 1 fully saturated rings. The summed E-state index contributed by atoms with van der Waals surface area (Å²) in [5.41, 5.74) is 0.644. The van der Waals surface area contributed by atoms with Crippen molar-refractivity contribution in [3.05, 3.63) is 42.0 Å². The number of amides is 1. The van der Waals surface area contributed by atoms with Gasteiger partial charge in [-0.15, -0.1) is 0 Å². The van der Waals surface area contributed by atoms with E-state index in [0.717, 1.165) is 25.7 Å². The van der Waals surface area contributed by atoms with Gasteiger partial charge in [0.25, 0.3) is 5.91 Å². The van der Waals surface area contributed by atoms with Gasteiger partial charge in [0.1, 0.15) is 22.1 Å². The Bertz CT molecular complexity index is 1050. The predicted octanol–water partition coefficient (Wildman–Crippen LogP) is 3.82. The molecule has 2 aromatic carbocycles. The Kier molecular flexibility index (Phi) is 7.63. The quantitative estimate of drug-likeness (QED) is 0.618. The second kappa shape index (κ2) is 10.2. The number of ether oxygens (including phenoxy) is 3. The van der Waals surface area contributed by atoms with Crippen molar-refractivity contribution in [1.82, 2.24) is 4.72 Å². The van der Waals surface area contributed by atoms with E-state index in [1.54, 1.807) is 18.2 Å². The Morgan fingerprint density at radius 3 is 2.19 bits per heavy atom. The lowest BCUT2D eigenvalue weighted by molar-refractivity contribution is 0.102. The molecular formula is C23H30N2O6S. The van der Waals surface area contributed by atoms with Gasteiger partial charge in [-0.05, 0) is 37.0 Å². The van der Waals surface area contributed by atoms with E-state index < -0.39 is 15.9 Å². The molecular weight excluding hydrogens is 432 g/mol. The average Bonchev–Trinajstić information content (AvgIpc) is 2.79. The highest BCUT2D eigenvalue weighted by atomic mass is 32.2. The minimum Gasteiger partial charge on any atom is -0.497 e. The van der Waals surface area contributed by atoms with Crippen LogP contribution in [0.1, 0.15) is 43.0 Å². The van der Waals surface area contributed by atoms with Gasteiger partial charge in [-0.3, -0.25) is 4.79 Å². The molecule has 0 aromatic heterocycles. The van der Waals surface area contributed by atoms with Crippen molar-refractivity contribution in [2.75, 3.05) is 26.6 Å². The van der Waals surface area contributed by atoms with Gasteiger partial charge in [-0.2, -0.15) is 0 Å². The molecule has 9 heteroatoms. The summed E-state index contributed by atoms with van der Waals surface area (Å²) in [4.78, 5) is 12.8. The fourth-order valence-electron chi connectivity index (χ4n) is 3.86. The zero-order valence-corrected chi connectivity index (χ0v) is 19.6. The van der Waals surface area contributed by atoms with E-state index in [0.29, 0.717) is 17.2 Å². The maximum atomic E-state index is 13.2. The molecule has 3 rings (SSSR count). The highest BCUT2D eigenvalue weighted by molar-refractivity contribution is 7.89. The number of nitrogens with one attached hydrogen (secondary N) is 2. The summed E-state index contributed by atoms with van der Waals surface area (Å²) in [5, 5.41) is 2.76.